The van der Waals surface area contributed by atoms with Crippen molar-refractivity contribution < 1.29 is 9.47 Å². The number of aromatic amines is 1. The van der Waals surface area contributed by atoms with Crippen molar-refractivity contribution in [3.63, 3.8) is 0 Å². The van der Waals surface area contributed by atoms with Crippen LogP contribution >= 0.6 is 12.2 Å². The summed E-state index contributed by atoms with van der Waals surface area (Å²) >= 11 is 5.22. The van der Waals surface area contributed by atoms with Gasteiger partial charge in [-0.05, 0) is 31.5 Å². The summed E-state index contributed by atoms with van der Waals surface area (Å²) in [4.78, 5) is 0. The van der Waals surface area contributed by atoms with Gasteiger partial charge in [0.05, 0.1) is 13.2 Å². The van der Waals surface area contributed by atoms with Crippen molar-refractivity contribution in [1.82, 2.24) is 14.8 Å². The number of hydrogen-bond donors (Lipinski definition) is 1. The van der Waals surface area contributed by atoms with Gasteiger partial charge in [-0.1, -0.05) is 0 Å². The Hall–Kier alpha value is -0.720. The Morgan fingerprint density at radius 3 is 2.94 bits per heavy atom. The van der Waals surface area contributed by atoms with E-state index in [0.29, 0.717) is 19.1 Å². The highest BCUT2D eigenvalue weighted by molar-refractivity contribution is 7.71. The van der Waals surface area contributed by atoms with Gasteiger partial charge in [-0.25, -0.2) is 0 Å². The van der Waals surface area contributed by atoms with Crippen molar-refractivity contribution in [3.8, 4) is 0 Å². The van der Waals surface area contributed by atoms with E-state index in [4.69, 9.17) is 21.7 Å². The maximum atomic E-state index is 5.43. The quantitative estimate of drug-likeness (QED) is 0.570. The smallest absolute Gasteiger partial charge is 0.195 e. The van der Waals surface area contributed by atoms with Gasteiger partial charge in [-0.3, -0.25) is 5.10 Å². The second-order valence-corrected chi connectivity index (χ2v) is 4.66. The van der Waals surface area contributed by atoms with Crippen LogP contribution in [0.4, 0.5) is 0 Å². The van der Waals surface area contributed by atoms with Crippen LogP contribution in [-0.2, 0) is 16.0 Å². The molecule has 1 aliphatic carbocycles. The molecule has 1 aromatic heterocycles. The van der Waals surface area contributed by atoms with Crippen molar-refractivity contribution >= 4 is 12.2 Å². The molecule has 6 heteroatoms. The van der Waals surface area contributed by atoms with Gasteiger partial charge in [-0.15, -0.1) is 0 Å². The predicted octanol–water partition coefficient (Wildman–Crippen LogP) is 1.87. The number of methoxy groups -OCH3 is 1. The molecule has 0 radical (unpaired) electrons. The average Bonchev–Trinajstić information content (AvgIpc) is 3.10. The summed E-state index contributed by atoms with van der Waals surface area (Å²) in [6.45, 7) is 2.93. The van der Waals surface area contributed by atoms with E-state index in [1.165, 1.54) is 12.8 Å². The molecule has 1 aromatic rings. The summed E-state index contributed by atoms with van der Waals surface area (Å²) in [7, 11) is 1.68. The number of ether oxygens (including phenoxy) is 2. The third-order valence-corrected chi connectivity index (χ3v) is 3.14. The first-order valence-electron chi connectivity index (χ1n) is 6.04. The second-order valence-electron chi connectivity index (χ2n) is 4.27. The molecule has 0 aromatic carbocycles. The monoisotopic (exact) mass is 257 g/mol. The van der Waals surface area contributed by atoms with Gasteiger partial charge in [0.25, 0.3) is 0 Å². The van der Waals surface area contributed by atoms with E-state index in [9.17, 15) is 0 Å². The Morgan fingerprint density at radius 2 is 2.24 bits per heavy atom. The van der Waals surface area contributed by atoms with Gasteiger partial charge in [0.1, 0.15) is 5.82 Å². The maximum Gasteiger partial charge on any atom is 0.195 e. The van der Waals surface area contributed by atoms with E-state index in [0.717, 1.165) is 30.2 Å². The normalized spacial score (nSPS) is 15.4. The number of hydrogen-bond acceptors (Lipinski definition) is 4. The molecule has 0 spiro atoms. The first-order chi connectivity index (χ1) is 8.33. The molecule has 0 aliphatic heterocycles. The fraction of sp³-hybridized carbons (Fsp3) is 0.818. The van der Waals surface area contributed by atoms with Crippen LogP contribution < -0.4 is 0 Å². The Kier molecular flexibility index (Phi) is 4.70. The van der Waals surface area contributed by atoms with E-state index >= 15 is 0 Å². The fourth-order valence-corrected chi connectivity index (χ4v) is 2.00. The van der Waals surface area contributed by atoms with Crippen molar-refractivity contribution in [3.05, 3.63) is 10.6 Å². The molecule has 2 rings (SSSR count). The number of nitrogens with one attached hydrogen (secondary N) is 1. The van der Waals surface area contributed by atoms with E-state index in [1.54, 1.807) is 7.11 Å². The number of nitrogens with zero attached hydrogens (tertiary/aromatic N) is 2. The van der Waals surface area contributed by atoms with Gasteiger partial charge >= 0.3 is 0 Å². The van der Waals surface area contributed by atoms with Crippen LogP contribution in [0, 0.1) is 4.77 Å². The van der Waals surface area contributed by atoms with Crippen molar-refractivity contribution in [2.45, 2.75) is 31.7 Å². The van der Waals surface area contributed by atoms with Gasteiger partial charge in [-0.2, -0.15) is 5.10 Å². The summed E-state index contributed by atoms with van der Waals surface area (Å²) in [5.74, 6) is 1.74. The first-order valence-corrected chi connectivity index (χ1v) is 6.45. The molecule has 17 heavy (non-hydrogen) atoms. The van der Waals surface area contributed by atoms with Crippen molar-refractivity contribution in [1.29, 1.82) is 0 Å². The molecule has 1 N–H and O–H groups in total. The van der Waals surface area contributed by atoms with E-state index in [1.807, 2.05) is 0 Å². The molecular weight excluding hydrogens is 238 g/mol. The van der Waals surface area contributed by atoms with E-state index < -0.39 is 0 Å². The van der Waals surface area contributed by atoms with E-state index in [2.05, 4.69) is 14.8 Å². The predicted molar refractivity (Wildman–Crippen MR) is 66.7 cm³/mol. The third-order valence-electron chi connectivity index (χ3n) is 2.83. The molecule has 96 valence electrons. The minimum atomic E-state index is 0.623. The molecule has 0 amide bonds. The van der Waals surface area contributed by atoms with Gasteiger partial charge in [0.15, 0.2) is 4.77 Å². The number of aromatic nitrogens is 3. The summed E-state index contributed by atoms with van der Waals surface area (Å²) in [6.07, 6.45) is 3.44. The highest BCUT2D eigenvalue weighted by Crippen LogP contribution is 2.38. The maximum absolute atomic E-state index is 5.43. The van der Waals surface area contributed by atoms with Crippen molar-refractivity contribution in [2.75, 3.05) is 26.9 Å². The lowest BCUT2D eigenvalue weighted by Crippen LogP contribution is -2.08. The molecule has 1 saturated carbocycles. The van der Waals surface area contributed by atoms with Gasteiger partial charge in [0, 0.05) is 26.2 Å². The molecule has 1 fully saturated rings. The van der Waals surface area contributed by atoms with Crippen LogP contribution in [-0.4, -0.2) is 41.7 Å². The second kappa shape index (κ2) is 6.28. The van der Waals surface area contributed by atoms with E-state index in [-0.39, 0.29) is 0 Å². The molecular formula is C11H19N3O2S. The summed E-state index contributed by atoms with van der Waals surface area (Å²) in [6, 6.07) is 0. The molecule has 0 unspecified atom stereocenters. The minimum absolute atomic E-state index is 0.623. The Labute approximate surface area is 106 Å². The highest BCUT2D eigenvalue weighted by atomic mass is 32.1. The van der Waals surface area contributed by atoms with Crippen LogP contribution in [0.1, 0.15) is 31.0 Å². The Bertz CT molecular complexity index is 398. The third kappa shape index (κ3) is 3.62. The van der Waals surface area contributed by atoms with Crippen LogP contribution in [0.15, 0.2) is 0 Å². The standard InChI is InChI=1S/C11H19N3O2S/c1-15-7-8-16-6-2-5-14-10(9-3-4-9)12-13-11(14)17/h9H,2-8H2,1H3,(H,13,17). The first kappa shape index (κ1) is 12.7. The SMILES string of the molecule is COCCOCCCn1c(C2CC2)n[nH]c1=S. The fourth-order valence-electron chi connectivity index (χ4n) is 1.77. The number of rotatable bonds is 8. The Balaban J connectivity index is 1.74. The zero-order valence-corrected chi connectivity index (χ0v) is 11.0. The minimum Gasteiger partial charge on any atom is -0.382 e. The number of H-pyrrole nitrogens is 1. The average molecular weight is 257 g/mol. The zero-order chi connectivity index (χ0) is 12.1. The topological polar surface area (TPSA) is 52.1 Å². The lowest BCUT2D eigenvalue weighted by molar-refractivity contribution is 0.0679. The van der Waals surface area contributed by atoms with Crippen LogP contribution in [0.5, 0.6) is 0 Å². The summed E-state index contributed by atoms with van der Waals surface area (Å²) in [5, 5.41) is 7.17. The van der Waals surface area contributed by atoms with Gasteiger partial charge < -0.3 is 14.0 Å². The molecule has 0 atom stereocenters. The molecule has 1 aliphatic rings. The lowest BCUT2D eigenvalue weighted by atomic mass is 10.3. The summed E-state index contributed by atoms with van der Waals surface area (Å²) in [5.41, 5.74) is 0. The largest absolute Gasteiger partial charge is 0.382 e. The molecule has 0 bridgehead atoms. The van der Waals surface area contributed by atoms with Crippen molar-refractivity contribution in [2.24, 2.45) is 0 Å². The molecule has 0 saturated heterocycles. The summed E-state index contributed by atoms with van der Waals surface area (Å²) < 4.78 is 13.2. The zero-order valence-electron chi connectivity index (χ0n) is 10.1. The highest BCUT2D eigenvalue weighted by Gasteiger charge is 2.28. The lowest BCUT2D eigenvalue weighted by Gasteiger charge is -2.06. The Morgan fingerprint density at radius 1 is 1.41 bits per heavy atom. The van der Waals surface area contributed by atoms with Gasteiger partial charge in [0.2, 0.25) is 0 Å². The van der Waals surface area contributed by atoms with Crippen LogP contribution in [0.25, 0.3) is 0 Å². The van der Waals surface area contributed by atoms with Crippen LogP contribution in [0.3, 0.4) is 0 Å². The molecule has 1 heterocycles. The van der Waals surface area contributed by atoms with Crippen LogP contribution in [0.2, 0.25) is 0 Å². The molecule has 5 nitrogen and oxygen atoms in total.